The molecule has 0 heterocycles. The number of benzene rings is 4. The summed E-state index contributed by atoms with van der Waals surface area (Å²) in [5.41, 5.74) is 10.1. The van der Waals surface area contributed by atoms with E-state index in [0.29, 0.717) is 11.1 Å². The highest BCUT2D eigenvalue weighted by Gasteiger charge is 2.37. The molecular formula is C41H46N2O4. The summed E-state index contributed by atoms with van der Waals surface area (Å²) in [6.45, 7) is 14.7. The van der Waals surface area contributed by atoms with Crippen LogP contribution in [0.2, 0.25) is 0 Å². The van der Waals surface area contributed by atoms with Crippen molar-refractivity contribution in [2.24, 2.45) is 0 Å². The molecule has 0 saturated heterocycles. The number of hydrogen-bond donors (Lipinski definition) is 3. The molecule has 1 aliphatic rings. The summed E-state index contributed by atoms with van der Waals surface area (Å²) in [7, 11) is 0. The molecule has 0 radical (unpaired) electrons. The molecule has 3 N–H and O–H groups in total. The van der Waals surface area contributed by atoms with Crippen LogP contribution in [0, 0.1) is 27.7 Å². The number of nitrogens with one attached hydrogen (secondary N) is 2. The summed E-state index contributed by atoms with van der Waals surface area (Å²) in [6, 6.07) is 22.8. The van der Waals surface area contributed by atoms with Crippen LogP contribution in [0.4, 0.5) is 11.4 Å². The van der Waals surface area contributed by atoms with Crippen LogP contribution in [-0.2, 0) is 10.8 Å². The Kier molecular flexibility index (Phi) is 9.44. The Labute approximate surface area is 278 Å². The first-order chi connectivity index (χ1) is 22.2. The molecule has 0 spiro atoms. The first-order valence-electron chi connectivity index (χ1n) is 16.5. The topological polar surface area (TPSA) is 95.5 Å². The molecule has 4 aromatic carbocycles. The Hall–Kier alpha value is -4.71. The highest BCUT2D eigenvalue weighted by molar-refractivity contribution is 6.06. The normalized spacial score (nSPS) is 14.4. The quantitative estimate of drug-likeness (QED) is 0.189. The van der Waals surface area contributed by atoms with Gasteiger partial charge < -0.3 is 15.7 Å². The number of carbonyl (C=O) groups is 3. The maximum atomic E-state index is 13.3. The minimum atomic E-state index is -1.07. The van der Waals surface area contributed by atoms with E-state index in [1.165, 1.54) is 35.2 Å². The lowest BCUT2D eigenvalue weighted by Gasteiger charge is -2.40. The van der Waals surface area contributed by atoms with Crippen LogP contribution >= 0.6 is 0 Å². The van der Waals surface area contributed by atoms with Gasteiger partial charge in [-0.2, -0.15) is 0 Å². The van der Waals surface area contributed by atoms with Crippen LogP contribution in [0.3, 0.4) is 0 Å². The Morgan fingerprint density at radius 1 is 0.617 bits per heavy atom. The molecule has 244 valence electrons. The molecule has 0 atom stereocenters. The van der Waals surface area contributed by atoms with Gasteiger partial charge in [0.15, 0.2) is 0 Å². The third-order valence-electron chi connectivity index (χ3n) is 9.74. The molecule has 1 aliphatic carbocycles. The van der Waals surface area contributed by atoms with E-state index in [1.807, 2.05) is 38.1 Å². The molecule has 6 heteroatoms. The summed E-state index contributed by atoms with van der Waals surface area (Å²) in [5, 5.41) is 15.6. The molecule has 0 aromatic heterocycles. The Balaban J connectivity index is 1.45. The van der Waals surface area contributed by atoms with E-state index >= 15 is 0 Å². The number of carbonyl (C=O) groups excluding carboxylic acids is 2. The molecule has 0 bridgehead atoms. The number of aromatic carboxylic acids is 1. The first kappa shape index (κ1) is 33.6. The van der Waals surface area contributed by atoms with Crippen molar-refractivity contribution in [2.75, 3.05) is 10.6 Å². The average molecular weight is 631 g/mol. The summed E-state index contributed by atoms with van der Waals surface area (Å²) in [6.07, 6.45) is 5.48. The van der Waals surface area contributed by atoms with E-state index < -0.39 is 5.97 Å². The molecule has 5 rings (SSSR count). The van der Waals surface area contributed by atoms with Crippen LogP contribution in [0.25, 0.3) is 0 Å². The van der Waals surface area contributed by atoms with Crippen molar-refractivity contribution in [3.8, 4) is 0 Å². The van der Waals surface area contributed by atoms with Crippen LogP contribution < -0.4 is 10.6 Å². The van der Waals surface area contributed by atoms with Gasteiger partial charge in [0.05, 0.1) is 5.56 Å². The Bertz CT molecular complexity index is 1790. The number of aryl methyl sites for hydroxylation is 4. The maximum absolute atomic E-state index is 13.3. The SMILES string of the molecule is Cc1cc(C2(c3cc(C)c(NC(=O)c4cccc(C(=O)O)c4)c(C)c3)CCCCC2)cc(C)c1NC(=O)c1ccc(C(C)(C)C)cc1. The van der Waals surface area contributed by atoms with Crippen LogP contribution in [0.5, 0.6) is 0 Å². The zero-order chi connectivity index (χ0) is 34.1. The van der Waals surface area contributed by atoms with Crippen molar-refractivity contribution in [1.29, 1.82) is 0 Å². The third-order valence-corrected chi connectivity index (χ3v) is 9.74. The lowest BCUT2D eigenvalue weighted by Crippen LogP contribution is -2.31. The summed E-state index contributed by atoms with van der Waals surface area (Å²) < 4.78 is 0. The number of anilines is 2. The van der Waals surface area contributed by atoms with E-state index in [0.717, 1.165) is 59.3 Å². The molecule has 1 fully saturated rings. The van der Waals surface area contributed by atoms with Gasteiger partial charge in [-0.3, -0.25) is 9.59 Å². The molecule has 47 heavy (non-hydrogen) atoms. The number of amides is 2. The van der Waals surface area contributed by atoms with E-state index in [9.17, 15) is 19.5 Å². The number of carboxylic acids is 1. The fourth-order valence-electron chi connectivity index (χ4n) is 7.06. The van der Waals surface area contributed by atoms with E-state index in [-0.39, 0.29) is 28.2 Å². The summed E-state index contributed by atoms with van der Waals surface area (Å²) >= 11 is 0. The van der Waals surface area contributed by atoms with Crippen molar-refractivity contribution in [1.82, 2.24) is 0 Å². The number of rotatable bonds is 7. The lowest BCUT2D eigenvalue weighted by atomic mass is 9.64. The van der Waals surface area contributed by atoms with Gasteiger partial charge in [0.25, 0.3) is 11.8 Å². The van der Waals surface area contributed by atoms with Gasteiger partial charge >= 0.3 is 5.97 Å². The van der Waals surface area contributed by atoms with Gasteiger partial charge in [0, 0.05) is 27.9 Å². The highest BCUT2D eigenvalue weighted by atomic mass is 16.4. The molecule has 1 saturated carbocycles. The zero-order valence-electron chi connectivity index (χ0n) is 28.6. The fraction of sp³-hybridized carbons (Fsp3) is 0.341. The molecule has 0 unspecified atom stereocenters. The van der Waals surface area contributed by atoms with Crippen molar-refractivity contribution in [3.05, 3.63) is 128 Å². The smallest absolute Gasteiger partial charge is 0.335 e. The van der Waals surface area contributed by atoms with Gasteiger partial charge in [0.1, 0.15) is 0 Å². The van der Waals surface area contributed by atoms with Gasteiger partial charge in [-0.1, -0.05) is 82.5 Å². The second-order valence-corrected chi connectivity index (χ2v) is 14.2. The molecule has 6 nitrogen and oxygen atoms in total. The van der Waals surface area contributed by atoms with Crippen molar-refractivity contribution in [3.63, 3.8) is 0 Å². The fourth-order valence-corrected chi connectivity index (χ4v) is 7.06. The molecule has 4 aromatic rings. The van der Waals surface area contributed by atoms with Crippen molar-refractivity contribution < 1.29 is 19.5 Å². The second kappa shape index (κ2) is 13.2. The summed E-state index contributed by atoms with van der Waals surface area (Å²) in [4.78, 5) is 37.9. The zero-order valence-corrected chi connectivity index (χ0v) is 28.6. The monoisotopic (exact) mass is 630 g/mol. The standard InChI is InChI=1S/C41H46N2O4/c1-25-20-33(21-26(2)35(25)42-37(44)29-14-16-32(17-15-29)40(5,6)7)41(18-9-8-10-19-41)34-22-27(3)36(28(4)23-34)43-38(45)30-12-11-13-31(24-30)39(46)47/h11-17,20-24H,8-10,18-19H2,1-7H3,(H,42,44)(H,43,45)(H,46,47). The van der Waals surface area contributed by atoms with Crippen LogP contribution in [0.15, 0.2) is 72.8 Å². The lowest BCUT2D eigenvalue weighted by molar-refractivity contribution is 0.0696. The second-order valence-electron chi connectivity index (χ2n) is 14.2. The third kappa shape index (κ3) is 7.02. The Morgan fingerprint density at radius 2 is 1.06 bits per heavy atom. The van der Waals surface area contributed by atoms with E-state index in [1.54, 1.807) is 12.1 Å². The van der Waals surface area contributed by atoms with Gasteiger partial charge in [-0.15, -0.1) is 0 Å². The van der Waals surface area contributed by atoms with E-state index in [4.69, 9.17) is 0 Å². The van der Waals surface area contributed by atoms with Gasteiger partial charge in [0.2, 0.25) is 0 Å². The largest absolute Gasteiger partial charge is 0.478 e. The van der Waals surface area contributed by atoms with Gasteiger partial charge in [-0.25, -0.2) is 4.79 Å². The van der Waals surface area contributed by atoms with Gasteiger partial charge in [-0.05, 0) is 115 Å². The molecule has 2 amide bonds. The Morgan fingerprint density at radius 3 is 1.51 bits per heavy atom. The van der Waals surface area contributed by atoms with Crippen molar-refractivity contribution >= 4 is 29.2 Å². The maximum Gasteiger partial charge on any atom is 0.335 e. The first-order valence-corrected chi connectivity index (χ1v) is 16.5. The minimum absolute atomic E-state index is 0.0223. The summed E-state index contributed by atoms with van der Waals surface area (Å²) in [5.74, 6) is -1.52. The minimum Gasteiger partial charge on any atom is -0.478 e. The highest BCUT2D eigenvalue weighted by Crippen LogP contribution is 2.47. The number of hydrogen-bond acceptors (Lipinski definition) is 3. The van der Waals surface area contributed by atoms with E-state index in [2.05, 4.69) is 69.5 Å². The van der Waals surface area contributed by atoms with Crippen molar-refractivity contribution in [2.45, 2.75) is 91.4 Å². The predicted molar refractivity (Wildman–Crippen MR) is 190 cm³/mol. The number of carboxylic acid groups (broad SMARTS) is 1. The average Bonchev–Trinajstić information content (AvgIpc) is 3.04. The molecular weight excluding hydrogens is 584 g/mol. The van der Waals surface area contributed by atoms with Crippen LogP contribution in [0.1, 0.15) is 123 Å². The molecule has 0 aliphatic heterocycles. The predicted octanol–water partition coefficient (Wildman–Crippen LogP) is 9.67. The van der Waals surface area contributed by atoms with Crippen LogP contribution in [-0.4, -0.2) is 22.9 Å².